The summed E-state index contributed by atoms with van der Waals surface area (Å²) in [6, 6.07) is 6.45. The third-order valence-corrected chi connectivity index (χ3v) is 5.31. The normalized spacial score (nSPS) is 12.0. The van der Waals surface area contributed by atoms with E-state index in [4.69, 9.17) is 11.6 Å². The zero-order valence-corrected chi connectivity index (χ0v) is 15.7. The highest BCUT2D eigenvalue weighted by atomic mass is 35.5. The molecule has 0 aromatic heterocycles. The Balaban J connectivity index is 2.47. The molecule has 10 heteroatoms. The van der Waals surface area contributed by atoms with Gasteiger partial charge in [-0.15, -0.1) is 0 Å². The summed E-state index contributed by atoms with van der Waals surface area (Å²) >= 11 is 5.74. The van der Waals surface area contributed by atoms with Crippen molar-refractivity contribution in [3.63, 3.8) is 0 Å². The Kier molecular flexibility index (Phi) is 6.17. The van der Waals surface area contributed by atoms with E-state index in [2.05, 4.69) is 0 Å². The number of nitrogens with one attached hydrogen (secondary N) is 1. The van der Waals surface area contributed by atoms with Crippen LogP contribution in [0.4, 0.5) is 18.9 Å². The Bertz CT molecular complexity index is 1010. The van der Waals surface area contributed by atoms with E-state index in [0.717, 1.165) is 12.3 Å². The summed E-state index contributed by atoms with van der Waals surface area (Å²) < 4.78 is 65.7. The van der Waals surface area contributed by atoms with Crippen molar-refractivity contribution < 1.29 is 26.4 Å². The number of amides is 1. The first-order valence-corrected chi connectivity index (χ1v) is 9.24. The zero-order chi connectivity index (χ0) is 20.4. The number of benzene rings is 2. The van der Waals surface area contributed by atoms with Crippen molar-refractivity contribution in [3.05, 3.63) is 70.0 Å². The van der Waals surface area contributed by atoms with Crippen molar-refractivity contribution >= 4 is 33.0 Å². The number of nitrogens with zero attached hydrogens (tertiary/aromatic N) is 1. The van der Waals surface area contributed by atoms with E-state index < -0.39 is 43.8 Å². The van der Waals surface area contributed by atoms with Gasteiger partial charge in [-0.25, -0.2) is 21.6 Å². The van der Waals surface area contributed by atoms with E-state index >= 15 is 0 Å². The van der Waals surface area contributed by atoms with Gasteiger partial charge in [0, 0.05) is 25.3 Å². The highest BCUT2D eigenvalue weighted by molar-refractivity contribution is 7.96. The molecule has 1 amide bonds. The minimum atomic E-state index is -4.30. The molecule has 1 N–H and O–H groups in total. The lowest BCUT2D eigenvalue weighted by atomic mass is 10.2. The molecule has 0 saturated heterocycles. The number of rotatable bonds is 5. The second-order valence-corrected chi connectivity index (χ2v) is 7.95. The number of carbonyl (C=O) groups is 1. The van der Waals surface area contributed by atoms with Crippen LogP contribution < -0.4 is 5.32 Å². The lowest BCUT2D eigenvalue weighted by Gasteiger charge is -2.14. The summed E-state index contributed by atoms with van der Waals surface area (Å²) in [6.45, 7) is 0. The van der Waals surface area contributed by atoms with Crippen molar-refractivity contribution in [1.29, 1.82) is 0 Å². The molecule has 0 atom stereocenters. The van der Waals surface area contributed by atoms with E-state index in [0.29, 0.717) is 11.1 Å². The predicted molar refractivity (Wildman–Crippen MR) is 95.4 cm³/mol. The van der Waals surface area contributed by atoms with Gasteiger partial charge in [0.25, 0.3) is 5.91 Å². The number of carbonyl (C=O) groups excluding carboxylic acids is 1. The molecule has 0 bridgehead atoms. The van der Waals surface area contributed by atoms with Crippen LogP contribution in [-0.2, 0) is 14.6 Å². The van der Waals surface area contributed by atoms with E-state index in [9.17, 15) is 26.4 Å². The van der Waals surface area contributed by atoms with Crippen molar-refractivity contribution in [2.45, 2.75) is 4.90 Å². The Hall–Kier alpha value is -2.52. The van der Waals surface area contributed by atoms with Crippen molar-refractivity contribution in [2.24, 2.45) is 0 Å². The molecule has 0 fully saturated rings. The van der Waals surface area contributed by atoms with E-state index in [1.807, 2.05) is 5.32 Å². The number of hydrogen-bond acceptors (Lipinski definition) is 4. The van der Waals surface area contributed by atoms with Crippen LogP contribution in [0.5, 0.6) is 0 Å². The Morgan fingerprint density at radius 1 is 1.04 bits per heavy atom. The molecule has 0 aliphatic rings. The average molecular weight is 419 g/mol. The van der Waals surface area contributed by atoms with Gasteiger partial charge in [-0.1, -0.05) is 11.6 Å². The first kappa shape index (κ1) is 20.8. The smallest absolute Gasteiger partial charge is 0.269 e. The van der Waals surface area contributed by atoms with Crippen LogP contribution in [0.15, 0.2) is 52.4 Å². The van der Waals surface area contributed by atoms with Crippen molar-refractivity contribution in [1.82, 2.24) is 4.90 Å². The zero-order valence-electron chi connectivity index (χ0n) is 14.1. The van der Waals surface area contributed by atoms with Crippen molar-refractivity contribution in [2.75, 3.05) is 19.4 Å². The molecule has 0 aliphatic heterocycles. The minimum absolute atomic E-state index is 0.221. The minimum Gasteiger partial charge on any atom is -0.382 e. The fourth-order valence-electron chi connectivity index (χ4n) is 2.03. The van der Waals surface area contributed by atoms with Gasteiger partial charge >= 0.3 is 0 Å². The molecule has 27 heavy (non-hydrogen) atoms. The summed E-state index contributed by atoms with van der Waals surface area (Å²) in [5, 5.41) is 2.24. The maximum atomic E-state index is 13.8. The number of hydrogen-bond donors (Lipinski definition) is 1. The standard InChI is InChI=1S/C17H14ClF3N2O3S/c1-23(2)9-14(27(25,26)11-5-3-10(18)4-6-11)17(24)22-13-8-7-12(19)15(20)16(13)21/h3-9H,1-2H3,(H,22,24)/b14-9+. The first-order chi connectivity index (χ1) is 12.5. The van der Waals surface area contributed by atoms with Crippen LogP contribution in [0.25, 0.3) is 0 Å². The highest BCUT2D eigenvalue weighted by Crippen LogP contribution is 2.25. The van der Waals surface area contributed by atoms with Crippen LogP contribution in [0.3, 0.4) is 0 Å². The Morgan fingerprint density at radius 3 is 2.19 bits per heavy atom. The van der Waals surface area contributed by atoms with Gasteiger partial charge in [-0.3, -0.25) is 4.79 Å². The monoisotopic (exact) mass is 418 g/mol. The van der Waals surface area contributed by atoms with Crippen LogP contribution >= 0.6 is 11.6 Å². The number of sulfone groups is 1. The summed E-state index contributed by atoms with van der Waals surface area (Å²) in [5.74, 6) is -6.09. The van der Waals surface area contributed by atoms with E-state index in [1.54, 1.807) is 0 Å². The molecular formula is C17H14ClF3N2O3S. The highest BCUT2D eigenvalue weighted by Gasteiger charge is 2.28. The lowest BCUT2D eigenvalue weighted by Crippen LogP contribution is -2.24. The van der Waals surface area contributed by atoms with Gasteiger partial charge in [0.1, 0.15) is 0 Å². The van der Waals surface area contributed by atoms with Crippen LogP contribution in [0.2, 0.25) is 5.02 Å². The molecule has 0 unspecified atom stereocenters. The van der Waals surface area contributed by atoms with E-state index in [1.165, 1.54) is 43.3 Å². The molecular weight excluding hydrogens is 405 g/mol. The second-order valence-electron chi connectivity index (χ2n) is 5.59. The predicted octanol–water partition coefficient (Wildman–Crippen LogP) is 3.57. The third kappa shape index (κ3) is 4.61. The lowest BCUT2D eigenvalue weighted by molar-refractivity contribution is -0.112. The molecule has 0 aliphatic carbocycles. The molecule has 2 aromatic rings. The van der Waals surface area contributed by atoms with Gasteiger partial charge in [-0.05, 0) is 36.4 Å². The van der Waals surface area contributed by atoms with Gasteiger partial charge in [-0.2, -0.15) is 0 Å². The molecule has 5 nitrogen and oxygen atoms in total. The summed E-state index contributed by atoms with van der Waals surface area (Å²) in [6.07, 6.45) is 1.01. The van der Waals surface area contributed by atoms with E-state index in [-0.39, 0.29) is 4.90 Å². The SMILES string of the molecule is CN(C)/C=C(\C(=O)Nc1ccc(F)c(F)c1F)S(=O)(=O)c1ccc(Cl)cc1. The van der Waals surface area contributed by atoms with Gasteiger partial charge in [0.15, 0.2) is 22.4 Å². The van der Waals surface area contributed by atoms with Gasteiger partial charge < -0.3 is 10.2 Å². The molecule has 144 valence electrons. The molecule has 0 radical (unpaired) electrons. The summed E-state index contributed by atoms with van der Waals surface area (Å²) in [5.41, 5.74) is -0.699. The molecule has 2 aromatic carbocycles. The molecule has 2 rings (SSSR count). The van der Waals surface area contributed by atoms with Crippen LogP contribution in [0.1, 0.15) is 0 Å². The summed E-state index contributed by atoms with van der Waals surface area (Å²) in [7, 11) is -1.35. The largest absolute Gasteiger partial charge is 0.382 e. The topological polar surface area (TPSA) is 66.5 Å². The summed E-state index contributed by atoms with van der Waals surface area (Å²) in [4.78, 5) is 12.8. The molecule has 0 heterocycles. The maximum Gasteiger partial charge on any atom is 0.269 e. The number of anilines is 1. The number of halogens is 4. The molecule has 0 saturated carbocycles. The van der Waals surface area contributed by atoms with Crippen LogP contribution in [0, 0.1) is 17.5 Å². The van der Waals surface area contributed by atoms with Gasteiger partial charge in [0.2, 0.25) is 9.84 Å². The van der Waals surface area contributed by atoms with Crippen LogP contribution in [-0.4, -0.2) is 33.3 Å². The van der Waals surface area contributed by atoms with Crippen molar-refractivity contribution in [3.8, 4) is 0 Å². The first-order valence-electron chi connectivity index (χ1n) is 7.37. The van der Waals surface area contributed by atoms with Gasteiger partial charge in [0.05, 0.1) is 10.6 Å². The molecule has 0 spiro atoms. The fraction of sp³-hybridized carbons (Fsp3) is 0.118. The Morgan fingerprint density at radius 2 is 1.63 bits per heavy atom. The average Bonchev–Trinajstić information content (AvgIpc) is 2.60. The second kappa shape index (κ2) is 8.01. The quantitative estimate of drug-likeness (QED) is 0.595. The fourth-order valence-corrected chi connectivity index (χ4v) is 3.55. The maximum absolute atomic E-state index is 13.8. The Labute approximate surface area is 159 Å². The third-order valence-electron chi connectivity index (χ3n) is 3.30.